The number of hydrogen-bond acceptors (Lipinski definition) is 2. The minimum Gasteiger partial charge on any atom is -0.469 e. The van der Waals surface area contributed by atoms with Crippen molar-refractivity contribution in [3.05, 3.63) is 24.2 Å². The van der Waals surface area contributed by atoms with E-state index in [2.05, 4.69) is 4.90 Å². The molecule has 0 saturated carbocycles. The molecular weight excluding hydrogens is 250 g/mol. The zero-order chi connectivity index (χ0) is 12.5. The average Bonchev–Trinajstić information content (AvgIpc) is 2.94. The van der Waals surface area contributed by atoms with Gasteiger partial charge < -0.3 is 9.32 Å². The average molecular weight is 268 g/mol. The zero-order valence-electron chi connectivity index (χ0n) is 10.3. The fraction of sp³-hybridized carbons (Fsp3) is 0.643. The summed E-state index contributed by atoms with van der Waals surface area (Å²) in [5.41, 5.74) is 0. The number of carbonyl (C=O) groups is 1. The van der Waals surface area contributed by atoms with Gasteiger partial charge in [0.25, 0.3) is 0 Å². The molecule has 0 radical (unpaired) electrons. The SMILES string of the molecule is O=C(CCc1ccco1)N1C2CCC1CC(Cl)C2. The minimum atomic E-state index is 0.261. The lowest BCUT2D eigenvalue weighted by Gasteiger charge is -2.37. The molecule has 3 heterocycles. The van der Waals surface area contributed by atoms with E-state index in [0.717, 1.165) is 31.4 Å². The molecule has 0 aliphatic carbocycles. The van der Waals surface area contributed by atoms with Crippen LogP contribution in [0.1, 0.15) is 37.9 Å². The summed E-state index contributed by atoms with van der Waals surface area (Å²) in [5, 5.41) is 0.261. The van der Waals surface area contributed by atoms with Gasteiger partial charge >= 0.3 is 0 Å². The number of amides is 1. The number of aryl methyl sites for hydroxylation is 1. The van der Waals surface area contributed by atoms with E-state index >= 15 is 0 Å². The maximum absolute atomic E-state index is 12.3. The first-order valence-corrected chi connectivity index (χ1v) is 7.15. The molecular formula is C14H18ClNO2. The molecule has 2 bridgehead atoms. The minimum absolute atomic E-state index is 0.261. The Labute approximate surface area is 112 Å². The van der Waals surface area contributed by atoms with Crippen molar-refractivity contribution in [2.45, 2.75) is 56.0 Å². The van der Waals surface area contributed by atoms with Crippen LogP contribution in [0.25, 0.3) is 0 Å². The number of halogens is 1. The predicted molar refractivity (Wildman–Crippen MR) is 69.6 cm³/mol. The van der Waals surface area contributed by atoms with Crippen molar-refractivity contribution in [3.63, 3.8) is 0 Å². The Morgan fingerprint density at radius 1 is 1.39 bits per heavy atom. The largest absolute Gasteiger partial charge is 0.469 e. The van der Waals surface area contributed by atoms with Crippen LogP contribution in [0.2, 0.25) is 0 Å². The smallest absolute Gasteiger partial charge is 0.223 e. The molecule has 1 aromatic rings. The molecule has 2 unspecified atom stereocenters. The topological polar surface area (TPSA) is 33.5 Å². The van der Waals surface area contributed by atoms with Gasteiger partial charge in [-0.15, -0.1) is 11.6 Å². The Balaban J connectivity index is 1.60. The Morgan fingerprint density at radius 2 is 2.11 bits per heavy atom. The zero-order valence-corrected chi connectivity index (χ0v) is 11.1. The van der Waals surface area contributed by atoms with Gasteiger partial charge in [-0.3, -0.25) is 4.79 Å². The quantitative estimate of drug-likeness (QED) is 0.789. The summed E-state index contributed by atoms with van der Waals surface area (Å²) < 4.78 is 5.27. The Kier molecular flexibility index (Phi) is 3.33. The second-order valence-corrected chi connectivity index (χ2v) is 5.95. The van der Waals surface area contributed by atoms with E-state index in [0.29, 0.717) is 24.9 Å². The highest BCUT2D eigenvalue weighted by molar-refractivity contribution is 6.20. The Morgan fingerprint density at radius 3 is 2.72 bits per heavy atom. The maximum Gasteiger partial charge on any atom is 0.223 e. The molecule has 0 N–H and O–H groups in total. The molecule has 3 nitrogen and oxygen atoms in total. The van der Waals surface area contributed by atoms with E-state index in [-0.39, 0.29) is 11.3 Å². The molecule has 18 heavy (non-hydrogen) atoms. The van der Waals surface area contributed by atoms with Gasteiger partial charge in [0, 0.05) is 30.3 Å². The van der Waals surface area contributed by atoms with Gasteiger partial charge in [0.2, 0.25) is 5.91 Å². The van der Waals surface area contributed by atoms with Crippen LogP contribution < -0.4 is 0 Å². The molecule has 2 fully saturated rings. The van der Waals surface area contributed by atoms with Crippen molar-refractivity contribution < 1.29 is 9.21 Å². The normalized spacial score (nSPS) is 30.7. The van der Waals surface area contributed by atoms with Gasteiger partial charge in [0.1, 0.15) is 5.76 Å². The van der Waals surface area contributed by atoms with Crippen LogP contribution in [0.4, 0.5) is 0 Å². The van der Waals surface area contributed by atoms with Crippen LogP contribution in [-0.2, 0) is 11.2 Å². The first-order chi connectivity index (χ1) is 8.74. The van der Waals surface area contributed by atoms with E-state index in [1.54, 1.807) is 6.26 Å². The van der Waals surface area contributed by atoms with Gasteiger partial charge in [-0.25, -0.2) is 0 Å². The summed E-state index contributed by atoms with van der Waals surface area (Å²) in [5.74, 6) is 1.16. The molecule has 98 valence electrons. The number of carbonyl (C=O) groups excluding carboxylic acids is 1. The number of nitrogens with zero attached hydrogens (tertiary/aromatic N) is 1. The Bertz CT molecular complexity index is 403. The van der Waals surface area contributed by atoms with Crippen LogP contribution in [0.15, 0.2) is 22.8 Å². The molecule has 1 amide bonds. The van der Waals surface area contributed by atoms with E-state index < -0.39 is 0 Å². The number of furan rings is 1. The molecule has 4 heteroatoms. The van der Waals surface area contributed by atoms with Crippen molar-refractivity contribution in [2.75, 3.05) is 0 Å². The van der Waals surface area contributed by atoms with E-state index in [1.165, 1.54) is 0 Å². The predicted octanol–water partition coefficient (Wildman–Crippen LogP) is 2.97. The summed E-state index contributed by atoms with van der Waals surface area (Å²) in [6.45, 7) is 0. The second kappa shape index (κ2) is 4.96. The highest BCUT2D eigenvalue weighted by Gasteiger charge is 2.42. The third-order valence-electron chi connectivity index (χ3n) is 4.13. The molecule has 0 aromatic carbocycles. The molecule has 1 aromatic heterocycles. The molecule has 0 spiro atoms. The highest BCUT2D eigenvalue weighted by atomic mass is 35.5. The van der Waals surface area contributed by atoms with E-state index in [9.17, 15) is 4.79 Å². The second-order valence-electron chi connectivity index (χ2n) is 5.33. The number of rotatable bonds is 3. The van der Waals surface area contributed by atoms with Gasteiger partial charge in [0.05, 0.1) is 6.26 Å². The fourth-order valence-corrected chi connectivity index (χ4v) is 3.74. The van der Waals surface area contributed by atoms with Crippen LogP contribution in [0.3, 0.4) is 0 Å². The summed E-state index contributed by atoms with van der Waals surface area (Å²) in [6.07, 6.45) is 7.08. The number of fused-ring (bicyclic) bond motifs is 2. The number of alkyl halides is 1. The van der Waals surface area contributed by atoms with Crippen LogP contribution in [0, 0.1) is 0 Å². The summed E-state index contributed by atoms with van der Waals surface area (Å²) >= 11 is 6.22. The van der Waals surface area contributed by atoms with E-state index in [4.69, 9.17) is 16.0 Å². The summed E-state index contributed by atoms with van der Waals surface area (Å²) in [6, 6.07) is 4.56. The van der Waals surface area contributed by atoms with Crippen molar-refractivity contribution >= 4 is 17.5 Å². The van der Waals surface area contributed by atoms with Gasteiger partial charge in [-0.2, -0.15) is 0 Å². The standard InChI is InChI=1S/C14H18ClNO2/c15-10-8-11-3-4-12(9-10)16(11)14(17)6-5-13-2-1-7-18-13/h1-2,7,10-12H,3-6,8-9H2. The molecule has 3 rings (SSSR count). The van der Waals surface area contributed by atoms with Crippen molar-refractivity contribution in [1.82, 2.24) is 4.90 Å². The van der Waals surface area contributed by atoms with Crippen molar-refractivity contribution in [1.29, 1.82) is 0 Å². The monoisotopic (exact) mass is 267 g/mol. The van der Waals surface area contributed by atoms with E-state index in [1.807, 2.05) is 12.1 Å². The van der Waals surface area contributed by atoms with Gasteiger partial charge in [-0.05, 0) is 37.8 Å². The lowest BCUT2D eigenvalue weighted by molar-refractivity contribution is -0.135. The third kappa shape index (κ3) is 2.28. The summed E-state index contributed by atoms with van der Waals surface area (Å²) in [7, 11) is 0. The fourth-order valence-electron chi connectivity index (χ4n) is 3.33. The highest BCUT2D eigenvalue weighted by Crippen LogP contribution is 2.38. The molecule has 2 aliphatic rings. The first-order valence-electron chi connectivity index (χ1n) is 6.71. The van der Waals surface area contributed by atoms with Gasteiger partial charge in [0.15, 0.2) is 0 Å². The van der Waals surface area contributed by atoms with Crippen molar-refractivity contribution in [3.8, 4) is 0 Å². The molecule has 2 aliphatic heterocycles. The van der Waals surface area contributed by atoms with Crippen LogP contribution >= 0.6 is 11.6 Å². The van der Waals surface area contributed by atoms with Crippen molar-refractivity contribution in [2.24, 2.45) is 0 Å². The molecule has 2 atom stereocenters. The number of hydrogen-bond donors (Lipinski definition) is 0. The lowest BCUT2D eigenvalue weighted by Crippen LogP contribution is -2.47. The maximum atomic E-state index is 12.3. The van der Waals surface area contributed by atoms with Crippen LogP contribution in [0.5, 0.6) is 0 Å². The molecule has 2 saturated heterocycles. The van der Waals surface area contributed by atoms with Crippen LogP contribution in [-0.4, -0.2) is 28.3 Å². The number of piperidine rings is 1. The lowest BCUT2D eigenvalue weighted by atomic mass is 10.0. The Hall–Kier alpha value is -0.960. The summed E-state index contributed by atoms with van der Waals surface area (Å²) in [4.78, 5) is 14.4. The van der Waals surface area contributed by atoms with Gasteiger partial charge in [-0.1, -0.05) is 0 Å². The first kappa shape index (κ1) is 12.1. The third-order valence-corrected chi connectivity index (χ3v) is 4.49.